The van der Waals surface area contributed by atoms with Gasteiger partial charge in [-0.15, -0.1) is 0 Å². The van der Waals surface area contributed by atoms with Crippen LogP contribution in [0.2, 0.25) is 0 Å². The molecular weight excluding hydrogens is 350 g/mol. The van der Waals surface area contributed by atoms with Gasteiger partial charge in [-0.25, -0.2) is 0 Å². The molecule has 1 aliphatic heterocycles. The summed E-state index contributed by atoms with van der Waals surface area (Å²) in [4.78, 5) is 16.1. The van der Waals surface area contributed by atoms with Crippen molar-refractivity contribution in [2.24, 2.45) is 17.6 Å². The molecule has 6 nitrogen and oxygen atoms in total. The van der Waals surface area contributed by atoms with E-state index in [2.05, 4.69) is 35.0 Å². The van der Waals surface area contributed by atoms with Gasteiger partial charge in [-0.2, -0.15) is 9.97 Å². The van der Waals surface area contributed by atoms with Crippen molar-refractivity contribution in [2.45, 2.75) is 19.4 Å². The van der Waals surface area contributed by atoms with E-state index in [1.165, 1.54) is 16.7 Å². The van der Waals surface area contributed by atoms with Gasteiger partial charge in [0, 0.05) is 37.3 Å². The van der Waals surface area contributed by atoms with E-state index in [-0.39, 0.29) is 0 Å². The van der Waals surface area contributed by atoms with E-state index in [1.807, 2.05) is 12.1 Å². The van der Waals surface area contributed by atoms with Crippen LogP contribution in [0.4, 0.5) is 5.82 Å². The summed E-state index contributed by atoms with van der Waals surface area (Å²) in [5.74, 6) is 2.80. The van der Waals surface area contributed by atoms with Gasteiger partial charge in [0.1, 0.15) is 11.6 Å². The smallest absolute Gasteiger partial charge is 0.324 e. The molecule has 1 aromatic carbocycles. The van der Waals surface area contributed by atoms with Crippen LogP contribution in [-0.2, 0) is 6.42 Å². The standard InChI is InChI=1S/C22H21N5O/c1-12-4-2-6-14-15(12)8-18-19(14)21(27-10-16-17(11-27)20(16)23)26-22(25-18)28-13-5-3-7-24-9-13/h2-7,9,16-17,20H,8,10-11,23H2,1H3. The molecule has 0 spiro atoms. The molecule has 2 N–H and O–H groups in total. The summed E-state index contributed by atoms with van der Waals surface area (Å²) in [6.45, 7) is 4.08. The average Bonchev–Trinajstić information content (AvgIpc) is 3.06. The van der Waals surface area contributed by atoms with E-state index in [4.69, 9.17) is 20.4 Å². The Hall–Kier alpha value is -2.99. The van der Waals surface area contributed by atoms with Crippen molar-refractivity contribution < 1.29 is 4.74 Å². The summed E-state index contributed by atoms with van der Waals surface area (Å²) < 4.78 is 5.96. The fraction of sp³-hybridized carbons (Fsp3) is 0.318. The van der Waals surface area contributed by atoms with Crippen LogP contribution in [0.15, 0.2) is 42.7 Å². The van der Waals surface area contributed by atoms with Gasteiger partial charge in [0.2, 0.25) is 0 Å². The van der Waals surface area contributed by atoms with Gasteiger partial charge in [-0.05, 0) is 47.6 Å². The third-order valence-corrected chi connectivity index (χ3v) is 6.37. The second-order valence-electron chi connectivity index (χ2n) is 8.03. The van der Waals surface area contributed by atoms with Crippen LogP contribution in [-0.4, -0.2) is 34.1 Å². The predicted molar refractivity (Wildman–Crippen MR) is 106 cm³/mol. The molecule has 2 fully saturated rings. The van der Waals surface area contributed by atoms with E-state index in [0.717, 1.165) is 36.6 Å². The minimum absolute atomic E-state index is 0.353. The molecule has 1 saturated heterocycles. The second-order valence-corrected chi connectivity index (χ2v) is 8.03. The first-order valence-electron chi connectivity index (χ1n) is 9.77. The summed E-state index contributed by atoms with van der Waals surface area (Å²) in [5.41, 5.74) is 12.2. The van der Waals surface area contributed by atoms with Crippen LogP contribution >= 0.6 is 0 Å². The fourth-order valence-corrected chi connectivity index (χ4v) is 4.75. The van der Waals surface area contributed by atoms with Crippen molar-refractivity contribution >= 4 is 5.82 Å². The monoisotopic (exact) mass is 371 g/mol. The molecule has 2 atom stereocenters. The van der Waals surface area contributed by atoms with Crippen LogP contribution in [0, 0.1) is 18.8 Å². The minimum atomic E-state index is 0.353. The number of nitrogens with zero attached hydrogens (tertiary/aromatic N) is 4. The van der Waals surface area contributed by atoms with Gasteiger partial charge >= 0.3 is 6.01 Å². The topological polar surface area (TPSA) is 77.2 Å². The maximum atomic E-state index is 6.16. The molecule has 3 aromatic rings. The number of aromatic nitrogens is 3. The third-order valence-electron chi connectivity index (χ3n) is 6.37. The van der Waals surface area contributed by atoms with E-state index < -0.39 is 0 Å². The molecule has 28 heavy (non-hydrogen) atoms. The van der Waals surface area contributed by atoms with Gasteiger partial charge in [-0.1, -0.05) is 18.2 Å². The van der Waals surface area contributed by atoms with Gasteiger partial charge in [0.05, 0.1) is 11.9 Å². The highest BCUT2D eigenvalue weighted by atomic mass is 16.5. The molecule has 2 aromatic heterocycles. The van der Waals surface area contributed by atoms with E-state index in [0.29, 0.717) is 29.6 Å². The summed E-state index contributed by atoms with van der Waals surface area (Å²) >= 11 is 0. The summed E-state index contributed by atoms with van der Waals surface area (Å²) in [6, 6.07) is 10.9. The molecule has 6 heteroatoms. The molecule has 6 rings (SSSR count). The Morgan fingerprint density at radius 3 is 2.75 bits per heavy atom. The summed E-state index contributed by atoms with van der Waals surface area (Å²) in [7, 11) is 0. The van der Waals surface area contributed by atoms with Crippen LogP contribution < -0.4 is 15.4 Å². The molecule has 3 aliphatic rings. The van der Waals surface area contributed by atoms with Crippen molar-refractivity contribution in [2.75, 3.05) is 18.0 Å². The molecule has 3 heterocycles. The second kappa shape index (κ2) is 5.75. The van der Waals surface area contributed by atoms with Gasteiger partial charge in [-0.3, -0.25) is 4.98 Å². The first kappa shape index (κ1) is 16.0. The Bertz CT molecular complexity index is 1070. The summed E-state index contributed by atoms with van der Waals surface area (Å²) in [5, 5.41) is 0. The Labute approximate surface area is 163 Å². The van der Waals surface area contributed by atoms with Gasteiger partial charge < -0.3 is 15.4 Å². The lowest BCUT2D eigenvalue weighted by molar-refractivity contribution is 0.438. The zero-order chi connectivity index (χ0) is 18.8. The van der Waals surface area contributed by atoms with Crippen LogP contribution in [0.5, 0.6) is 11.8 Å². The normalized spacial score (nSPS) is 23.9. The average molecular weight is 371 g/mol. The van der Waals surface area contributed by atoms with Crippen molar-refractivity contribution in [3.63, 3.8) is 0 Å². The summed E-state index contributed by atoms with van der Waals surface area (Å²) in [6.07, 6.45) is 4.22. The van der Waals surface area contributed by atoms with Crippen LogP contribution in [0.3, 0.4) is 0 Å². The molecule has 0 radical (unpaired) electrons. The Morgan fingerprint density at radius 2 is 1.96 bits per heavy atom. The number of aryl methyl sites for hydroxylation is 1. The number of fused-ring (bicyclic) bond motifs is 4. The van der Waals surface area contributed by atoms with Gasteiger partial charge in [0.25, 0.3) is 0 Å². The number of rotatable bonds is 3. The number of ether oxygens (including phenoxy) is 1. The van der Waals surface area contributed by atoms with Crippen molar-refractivity contribution in [3.8, 4) is 22.9 Å². The lowest BCUT2D eigenvalue weighted by Crippen LogP contribution is -2.29. The van der Waals surface area contributed by atoms with Crippen molar-refractivity contribution in [3.05, 3.63) is 59.5 Å². The Balaban J connectivity index is 1.46. The Kier molecular flexibility index (Phi) is 3.29. The zero-order valence-electron chi connectivity index (χ0n) is 15.7. The molecule has 1 saturated carbocycles. The molecule has 2 unspecified atom stereocenters. The third kappa shape index (κ3) is 2.34. The maximum Gasteiger partial charge on any atom is 0.324 e. The number of nitrogens with two attached hydrogens (primary N) is 1. The van der Waals surface area contributed by atoms with Gasteiger partial charge in [0.15, 0.2) is 0 Å². The number of anilines is 1. The lowest BCUT2D eigenvalue weighted by atomic mass is 10.0. The van der Waals surface area contributed by atoms with Crippen LogP contribution in [0.1, 0.15) is 16.8 Å². The first-order valence-corrected chi connectivity index (χ1v) is 9.77. The highest BCUT2D eigenvalue weighted by molar-refractivity contribution is 5.85. The number of piperidine rings is 1. The maximum absolute atomic E-state index is 6.16. The minimum Gasteiger partial charge on any atom is -0.423 e. The Morgan fingerprint density at radius 1 is 1.11 bits per heavy atom. The van der Waals surface area contributed by atoms with Crippen molar-refractivity contribution in [1.29, 1.82) is 0 Å². The number of hydrogen-bond donors (Lipinski definition) is 1. The number of hydrogen-bond acceptors (Lipinski definition) is 6. The van der Waals surface area contributed by atoms with Crippen LogP contribution in [0.25, 0.3) is 11.1 Å². The quantitative estimate of drug-likeness (QED) is 0.597. The van der Waals surface area contributed by atoms with E-state index >= 15 is 0 Å². The molecule has 0 bridgehead atoms. The lowest BCUT2D eigenvalue weighted by Gasteiger charge is -2.23. The number of benzene rings is 1. The molecular formula is C22H21N5O. The van der Waals surface area contributed by atoms with Crippen molar-refractivity contribution in [1.82, 2.24) is 15.0 Å². The molecule has 0 amide bonds. The van der Waals surface area contributed by atoms with E-state index in [1.54, 1.807) is 12.4 Å². The SMILES string of the molecule is Cc1cccc2c1Cc1nc(Oc3cccnc3)nc(N3CC4C(N)C4C3)c1-2. The zero-order valence-corrected chi connectivity index (χ0v) is 15.7. The largest absolute Gasteiger partial charge is 0.423 e. The molecule has 140 valence electrons. The highest BCUT2D eigenvalue weighted by Gasteiger charge is 2.54. The fourth-order valence-electron chi connectivity index (χ4n) is 4.75. The molecule has 2 aliphatic carbocycles. The predicted octanol–water partition coefficient (Wildman–Crippen LogP) is 2.94. The highest BCUT2D eigenvalue weighted by Crippen LogP contribution is 2.49. The first-order chi connectivity index (χ1) is 13.7. The van der Waals surface area contributed by atoms with E-state index in [9.17, 15) is 0 Å². The number of pyridine rings is 1.